The van der Waals surface area contributed by atoms with Crippen molar-refractivity contribution in [1.82, 2.24) is 14.8 Å². The summed E-state index contributed by atoms with van der Waals surface area (Å²) in [6.07, 6.45) is 3.79. The highest BCUT2D eigenvalue weighted by Crippen LogP contribution is 2.31. The number of hydrogen-bond acceptors (Lipinski definition) is 3. The van der Waals surface area contributed by atoms with Crippen LogP contribution in [0.3, 0.4) is 0 Å². The van der Waals surface area contributed by atoms with Gasteiger partial charge in [-0.2, -0.15) is 5.10 Å². The van der Waals surface area contributed by atoms with Gasteiger partial charge in [0, 0.05) is 18.8 Å². The molecule has 1 unspecified atom stereocenters. The van der Waals surface area contributed by atoms with Gasteiger partial charge >= 0.3 is 0 Å². The van der Waals surface area contributed by atoms with Crippen molar-refractivity contribution in [1.29, 1.82) is 0 Å². The van der Waals surface area contributed by atoms with E-state index in [0.717, 1.165) is 11.3 Å². The van der Waals surface area contributed by atoms with Crippen molar-refractivity contribution in [2.24, 2.45) is 12.0 Å². The van der Waals surface area contributed by atoms with Crippen LogP contribution in [0.15, 0.2) is 35.6 Å². The predicted molar refractivity (Wildman–Crippen MR) is 73.3 cm³/mol. The van der Waals surface area contributed by atoms with Crippen LogP contribution in [-0.4, -0.2) is 28.0 Å². The Labute approximate surface area is 111 Å². The van der Waals surface area contributed by atoms with E-state index >= 15 is 0 Å². The Kier molecular flexibility index (Phi) is 3.48. The van der Waals surface area contributed by atoms with Gasteiger partial charge in [-0.25, -0.2) is 4.98 Å². The molecule has 2 rings (SSSR count). The lowest BCUT2D eigenvalue weighted by molar-refractivity contribution is 0.567. The Balaban J connectivity index is 2.53. The molecular weight excluding hydrogens is 248 g/mol. The first-order valence-corrected chi connectivity index (χ1v) is 5.99. The highest BCUT2D eigenvalue weighted by Gasteiger charge is 2.31. The summed E-state index contributed by atoms with van der Waals surface area (Å²) in [5.41, 5.74) is 1.56. The van der Waals surface area contributed by atoms with Crippen LogP contribution in [0.4, 0.5) is 0 Å². The summed E-state index contributed by atoms with van der Waals surface area (Å²) in [5, 5.41) is 4.69. The zero-order valence-corrected chi connectivity index (χ0v) is 11.2. The minimum atomic E-state index is -0.360. The fourth-order valence-corrected chi connectivity index (χ4v) is 2.13. The fourth-order valence-electron chi connectivity index (χ4n) is 1.97. The van der Waals surface area contributed by atoms with E-state index in [2.05, 4.69) is 28.7 Å². The number of aryl methyl sites for hydroxylation is 1. The lowest BCUT2D eigenvalue weighted by Gasteiger charge is -2.26. The molecule has 0 aliphatic heterocycles. The van der Waals surface area contributed by atoms with Crippen LogP contribution in [0, 0.1) is 0 Å². The van der Waals surface area contributed by atoms with E-state index in [1.165, 1.54) is 0 Å². The average molecular weight is 263 g/mol. The summed E-state index contributed by atoms with van der Waals surface area (Å²) >= 11 is 5.97. The van der Waals surface area contributed by atoms with E-state index < -0.39 is 0 Å². The molecule has 0 saturated heterocycles. The third kappa shape index (κ3) is 2.29. The highest BCUT2D eigenvalue weighted by atomic mass is 35.5. The Bertz CT molecular complexity index is 564. The number of hydrogen-bond donors (Lipinski definition) is 0. The molecule has 0 radical (unpaired) electrons. The Morgan fingerprint density at radius 2 is 2.28 bits per heavy atom. The molecule has 0 bridgehead atoms. The highest BCUT2D eigenvalue weighted by molar-refractivity contribution is 6.29. The van der Waals surface area contributed by atoms with Crippen LogP contribution in [0.2, 0.25) is 5.15 Å². The second kappa shape index (κ2) is 4.90. The van der Waals surface area contributed by atoms with Gasteiger partial charge in [-0.1, -0.05) is 17.7 Å². The van der Waals surface area contributed by atoms with Gasteiger partial charge < -0.3 is 0 Å². The van der Waals surface area contributed by atoms with Gasteiger partial charge in [-0.3, -0.25) is 9.67 Å². The summed E-state index contributed by atoms with van der Waals surface area (Å²) in [6.45, 7) is 6.19. The van der Waals surface area contributed by atoms with Crippen molar-refractivity contribution in [2.45, 2.75) is 12.3 Å². The van der Waals surface area contributed by atoms with Crippen molar-refractivity contribution in [3.63, 3.8) is 0 Å². The third-order valence-electron chi connectivity index (χ3n) is 3.05. The van der Waals surface area contributed by atoms with E-state index in [9.17, 15) is 0 Å². The topological polar surface area (TPSA) is 43.1 Å². The Morgan fingerprint density at radius 3 is 2.83 bits per heavy atom. The summed E-state index contributed by atoms with van der Waals surface area (Å²) in [4.78, 5) is 8.42. The maximum atomic E-state index is 5.97. The van der Waals surface area contributed by atoms with Crippen LogP contribution < -0.4 is 0 Å². The van der Waals surface area contributed by atoms with Gasteiger partial charge in [0.1, 0.15) is 5.15 Å². The van der Waals surface area contributed by atoms with Crippen molar-refractivity contribution >= 4 is 18.3 Å². The van der Waals surface area contributed by atoms with Crippen LogP contribution in [0.5, 0.6) is 0 Å². The number of nitrogens with zero attached hydrogens (tertiary/aromatic N) is 4. The minimum absolute atomic E-state index is 0.360. The smallest absolute Gasteiger partial charge is 0.129 e. The molecule has 0 amide bonds. The number of aliphatic imine (C=N–C) groups is 1. The van der Waals surface area contributed by atoms with E-state index in [1.54, 1.807) is 10.7 Å². The zero-order chi connectivity index (χ0) is 13.2. The van der Waals surface area contributed by atoms with Crippen molar-refractivity contribution in [3.05, 3.63) is 47.0 Å². The number of aromatic nitrogens is 3. The number of halogens is 1. The zero-order valence-electron chi connectivity index (χ0n) is 10.5. The molecular formula is C13H15ClN4. The molecule has 1 atom stereocenters. The number of rotatable bonds is 4. The minimum Gasteiger partial charge on any atom is -0.300 e. The van der Waals surface area contributed by atoms with Gasteiger partial charge in [-0.15, -0.1) is 0 Å². The summed E-state index contributed by atoms with van der Waals surface area (Å²) in [6, 6.07) is 5.60. The second-order valence-electron chi connectivity index (χ2n) is 4.46. The maximum Gasteiger partial charge on any atom is 0.129 e. The third-order valence-corrected chi connectivity index (χ3v) is 3.26. The molecule has 2 heterocycles. The lowest BCUT2D eigenvalue weighted by Crippen LogP contribution is -2.28. The monoisotopic (exact) mass is 262 g/mol. The largest absolute Gasteiger partial charge is 0.300 e. The van der Waals surface area contributed by atoms with Gasteiger partial charge in [0.2, 0.25) is 0 Å². The molecule has 0 N–H and O–H groups in total. The maximum absolute atomic E-state index is 5.97. The van der Waals surface area contributed by atoms with E-state index in [4.69, 9.17) is 11.6 Å². The SMILES string of the molecule is C=NCC(C)(c1cnn(C)c1)c1cccc(Cl)n1. The van der Waals surface area contributed by atoms with Crippen molar-refractivity contribution in [2.75, 3.05) is 6.54 Å². The molecule has 0 saturated carbocycles. The molecule has 0 aliphatic carbocycles. The summed E-state index contributed by atoms with van der Waals surface area (Å²) < 4.78 is 1.77. The van der Waals surface area contributed by atoms with Crippen molar-refractivity contribution in [3.8, 4) is 0 Å². The normalized spacial score (nSPS) is 14.2. The molecule has 18 heavy (non-hydrogen) atoms. The van der Waals surface area contributed by atoms with Crippen LogP contribution in [0.1, 0.15) is 18.2 Å². The molecule has 2 aromatic heterocycles. The molecule has 0 fully saturated rings. The Morgan fingerprint density at radius 1 is 1.50 bits per heavy atom. The lowest BCUT2D eigenvalue weighted by atomic mass is 9.81. The van der Waals surface area contributed by atoms with Crippen molar-refractivity contribution < 1.29 is 0 Å². The molecule has 4 nitrogen and oxygen atoms in total. The number of pyridine rings is 1. The predicted octanol–water partition coefficient (Wildman–Crippen LogP) is 2.48. The van der Waals surface area contributed by atoms with Gasteiger partial charge in [0.05, 0.1) is 23.9 Å². The molecule has 2 aromatic rings. The van der Waals surface area contributed by atoms with Crippen LogP contribution >= 0.6 is 11.6 Å². The van der Waals surface area contributed by atoms with Gasteiger partial charge in [0.15, 0.2) is 0 Å². The quantitative estimate of drug-likeness (QED) is 0.628. The standard InChI is InChI=1S/C13H15ClN4/c1-13(9-15-2,10-7-16-18(3)8-10)11-5-4-6-12(14)17-11/h4-8H,2,9H2,1,3H3. The first-order chi connectivity index (χ1) is 8.56. The Hall–Kier alpha value is -1.68. The van der Waals surface area contributed by atoms with Crippen LogP contribution in [-0.2, 0) is 12.5 Å². The molecule has 0 aromatic carbocycles. The fraction of sp³-hybridized carbons (Fsp3) is 0.308. The second-order valence-corrected chi connectivity index (χ2v) is 4.85. The first-order valence-electron chi connectivity index (χ1n) is 5.61. The van der Waals surface area contributed by atoms with E-state index in [-0.39, 0.29) is 5.41 Å². The molecule has 5 heteroatoms. The van der Waals surface area contributed by atoms with E-state index in [0.29, 0.717) is 11.7 Å². The summed E-state index contributed by atoms with van der Waals surface area (Å²) in [5.74, 6) is 0. The molecule has 0 spiro atoms. The summed E-state index contributed by atoms with van der Waals surface area (Å²) in [7, 11) is 1.89. The van der Waals surface area contributed by atoms with Gasteiger partial charge in [0.25, 0.3) is 0 Å². The van der Waals surface area contributed by atoms with Crippen LogP contribution in [0.25, 0.3) is 0 Å². The van der Waals surface area contributed by atoms with E-state index in [1.807, 2.05) is 31.6 Å². The average Bonchev–Trinajstić information content (AvgIpc) is 2.76. The van der Waals surface area contributed by atoms with Gasteiger partial charge in [-0.05, 0) is 25.8 Å². The molecule has 94 valence electrons. The first kappa shape index (κ1) is 12.8. The molecule has 0 aliphatic rings.